The van der Waals surface area contributed by atoms with E-state index in [4.69, 9.17) is 9.68 Å². The molecule has 2 atom stereocenters. The molecular formula is C21H20N4O4. The molecule has 4 rings (SSSR count). The molecule has 1 aromatic carbocycles. The zero-order valence-corrected chi connectivity index (χ0v) is 15.7. The number of hydrogen-bond donors (Lipinski definition) is 1. The smallest absolute Gasteiger partial charge is 0.289 e. The number of furan rings is 1. The summed E-state index contributed by atoms with van der Waals surface area (Å²) < 4.78 is 5.14. The molecule has 148 valence electrons. The molecule has 29 heavy (non-hydrogen) atoms. The number of piperazine rings is 1. The Morgan fingerprint density at radius 2 is 1.79 bits per heavy atom. The van der Waals surface area contributed by atoms with E-state index in [1.807, 2.05) is 6.07 Å². The van der Waals surface area contributed by atoms with Crippen LogP contribution in [0.3, 0.4) is 0 Å². The van der Waals surface area contributed by atoms with Crippen LogP contribution in [0, 0.1) is 23.2 Å². The van der Waals surface area contributed by atoms with E-state index in [0.29, 0.717) is 49.6 Å². The molecule has 2 aromatic rings. The molecule has 1 saturated heterocycles. The molecule has 0 spiro atoms. The van der Waals surface area contributed by atoms with Crippen LogP contribution in [0.1, 0.15) is 22.5 Å². The normalized spacial score (nSPS) is 20.7. The average Bonchev–Trinajstić information content (AvgIpc) is 3.37. The van der Waals surface area contributed by atoms with Crippen molar-refractivity contribution in [1.82, 2.24) is 9.80 Å². The zero-order chi connectivity index (χ0) is 20.4. The summed E-state index contributed by atoms with van der Waals surface area (Å²) in [5, 5.41) is 11.7. The summed E-state index contributed by atoms with van der Waals surface area (Å²) >= 11 is 0. The summed E-state index contributed by atoms with van der Waals surface area (Å²) in [4.78, 5) is 40.8. The Bertz CT molecular complexity index is 971. The van der Waals surface area contributed by atoms with Crippen molar-refractivity contribution in [1.29, 1.82) is 5.26 Å². The lowest BCUT2D eigenvalue weighted by Crippen LogP contribution is -2.51. The Morgan fingerprint density at radius 1 is 1.03 bits per heavy atom. The maximum Gasteiger partial charge on any atom is 0.289 e. The van der Waals surface area contributed by atoms with Gasteiger partial charge in [0.2, 0.25) is 11.8 Å². The van der Waals surface area contributed by atoms with Gasteiger partial charge in [-0.2, -0.15) is 5.26 Å². The van der Waals surface area contributed by atoms with Crippen LogP contribution in [0.2, 0.25) is 0 Å². The van der Waals surface area contributed by atoms with Gasteiger partial charge >= 0.3 is 0 Å². The third kappa shape index (κ3) is 3.99. The number of amides is 3. The molecule has 1 saturated carbocycles. The van der Waals surface area contributed by atoms with Crippen LogP contribution in [-0.2, 0) is 9.59 Å². The second kappa shape index (κ2) is 7.80. The van der Waals surface area contributed by atoms with Gasteiger partial charge in [-0.25, -0.2) is 0 Å². The van der Waals surface area contributed by atoms with E-state index in [9.17, 15) is 14.4 Å². The topological polar surface area (TPSA) is 107 Å². The summed E-state index contributed by atoms with van der Waals surface area (Å²) in [5.74, 6) is -0.793. The number of anilines is 1. The maximum absolute atomic E-state index is 12.7. The minimum absolute atomic E-state index is 0.0407. The first kappa shape index (κ1) is 18.7. The van der Waals surface area contributed by atoms with Gasteiger partial charge in [0.25, 0.3) is 5.91 Å². The van der Waals surface area contributed by atoms with Crippen molar-refractivity contribution >= 4 is 23.4 Å². The second-order valence-electron chi connectivity index (χ2n) is 7.23. The van der Waals surface area contributed by atoms with Gasteiger partial charge in [0, 0.05) is 31.9 Å². The molecule has 2 aliphatic rings. The van der Waals surface area contributed by atoms with Gasteiger partial charge < -0.3 is 19.5 Å². The molecule has 2 fully saturated rings. The molecule has 8 heteroatoms. The van der Waals surface area contributed by atoms with E-state index in [1.165, 1.54) is 6.26 Å². The fourth-order valence-electron chi connectivity index (χ4n) is 3.58. The highest BCUT2D eigenvalue weighted by Crippen LogP contribution is 2.41. The van der Waals surface area contributed by atoms with Crippen LogP contribution in [0.25, 0.3) is 0 Å². The zero-order valence-electron chi connectivity index (χ0n) is 15.7. The summed E-state index contributed by atoms with van der Waals surface area (Å²) in [5.41, 5.74) is 1.02. The number of carbonyl (C=O) groups excluding carboxylic acids is 3. The van der Waals surface area contributed by atoms with E-state index in [2.05, 4.69) is 5.32 Å². The fraction of sp³-hybridized carbons (Fsp3) is 0.333. The molecule has 1 aliphatic heterocycles. The molecule has 3 amide bonds. The Hall–Kier alpha value is -3.60. The van der Waals surface area contributed by atoms with E-state index in [-0.39, 0.29) is 29.6 Å². The quantitative estimate of drug-likeness (QED) is 0.852. The van der Waals surface area contributed by atoms with E-state index in [1.54, 1.807) is 46.2 Å². The first-order chi connectivity index (χ1) is 14.1. The van der Waals surface area contributed by atoms with E-state index < -0.39 is 0 Å². The summed E-state index contributed by atoms with van der Waals surface area (Å²) in [6.07, 6.45) is 1.98. The number of carbonyl (C=O) groups is 3. The molecule has 0 bridgehead atoms. The van der Waals surface area contributed by atoms with Crippen molar-refractivity contribution in [2.45, 2.75) is 6.42 Å². The number of nitriles is 1. The van der Waals surface area contributed by atoms with Crippen LogP contribution in [-0.4, -0.2) is 53.7 Å². The van der Waals surface area contributed by atoms with Gasteiger partial charge in [-0.1, -0.05) is 6.07 Å². The predicted molar refractivity (Wildman–Crippen MR) is 103 cm³/mol. The number of hydrogen-bond acceptors (Lipinski definition) is 5. The lowest BCUT2D eigenvalue weighted by molar-refractivity contribution is -0.135. The first-order valence-corrected chi connectivity index (χ1v) is 9.49. The fourth-order valence-corrected chi connectivity index (χ4v) is 3.58. The van der Waals surface area contributed by atoms with E-state index >= 15 is 0 Å². The van der Waals surface area contributed by atoms with Crippen LogP contribution >= 0.6 is 0 Å². The Labute approximate surface area is 167 Å². The highest BCUT2D eigenvalue weighted by molar-refractivity contribution is 5.99. The van der Waals surface area contributed by atoms with Gasteiger partial charge in [-0.15, -0.1) is 0 Å². The van der Waals surface area contributed by atoms with Crippen molar-refractivity contribution in [2.24, 2.45) is 11.8 Å². The van der Waals surface area contributed by atoms with Crippen molar-refractivity contribution < 1.29 is 18.8 Å². The number of nitrogens with zero attached hydrogens (tertiary/aromatic N) is 3. The SMILES string of the molecule is N#Cc1cccc(NC(=O)C2CC2C(=O)N2CCN(C(=O)c3ccco3)CC2)c1. The molecule has 1 aromatic heterocycles. The molecular weight excluding hydrogens is 372 g/mol. The van der Waals surface area contributed by atoms with Crippen LogP contribution in [0.5, 0.6) is 0 Å². The number of rotatable bonds is 4. The van der Waals surface area contributed by atoms with Gasteiger partial charge in [0.1, 0.15) is 0 Å². The first-order valence-electron chi connectivity index (χ1n) is 9.49. The Kier molecular flexibility index (Phi) is 5.04. The Morgan fingerprint density at radius 3 is 2.48 bits per heavy atom. The minimum Gasteiger partial charge on any atom is -0.459 e. The highest BCUT2D eigenvalue weighted by atomic mass is 16.3. The minimum atomic E-state index is -0.351. The molecule has 0 radical (unpaired) electrons. The molecule has 8 nitrogen and oxygen atoms in total. The monoisotopic (exact) mass is 392 g/mol. The van der Waals surface area contributed by atoms with Gasteiger partial charge in [0.05, 0.1) is 29.7 Å². The average molecular weight is 392 g/mol. The summed E-state index contributed by atoms with van der Waals surface area (Å²) in [6.45, 7) is 1.77. The number of benzene rings is 1. The van der Waals surface area contributed by atoms with Crippen molar-refractivity contribution in [3.05, 3.63) is 54.0 Å². The van der Waals surface area contributed by atoms with Crippen LogP contribution < -0.4 is 5.32 Å². The van der Waals surface area contributed by atoms with E-state index in [0.717, 1.165) is 0 Å². The molecule has 2 unspecified atom stereocenters. The molecule has 2 heterocycles. The Balaban J connectivity index is 1.27. The third-order valence-electron chi connectivity index (χ3n) is 5.31. The highest BCUT2D eigenvalue weighted by Gasteiger charge is 2.49. The standard InChI is InChI=1S/C21H20N4O4/c22-13-14-3-1-4-15(11-14)23-19(26)16-12-17(16)20(27)24-6-8-25(9-7-24)21(28)18-5-2-10-29-18/h1-5,10-11,16-17H,6-9,12H2,(H,23,26). The van der Waals surface area contributed by atoms with Crippen molar-refractivity contribution in [3.8, 4) is 6.07 Å². The predicted octanol–water partition coefficient (Wildman–Crippen LogP) is 1.71. The van der Waals surface area contributed by atoms with Gasteiger partial charge in [-0.3, -0.25) is 14.4 Å². The number of nitrogens with one attached hydrogen (secondary N) is 1. The maximum atomic E-state index is 12.7. The summed E-state index contributed by atoms with van der Waals surface area (Å²) in [7, 11) is 0. The third-order valence-corrected chi connectivity index (χ3v) is 5.31. The van der Waals surface area contributed by atoms with Gasteiger partial charge in [0.15, 0.2) is 5.76 Å². The molecule has 1 N–H and O–H groups in total. The summed E-state index contributed by atoms with van der Waals surface area (Å²) in [6, 6.07) is 12.0. The molecule has 1 aliphatic carbocycles. The largest absolute Gasteiger partial charge is 0.459 e. The van der Waals surface area contributed by atoms with Crippen LogP contribution in [0.15, 0.2) is 47.1 Å². The second-order valence-corrected chi connectivity index (χ2v) is 7.23. The van der Waals surface area contributed by atoms with Gasteiger partial charge in [-0.05, 0) is 36.8 Å². The van der Waals surface area contributed by atoms with Crippen molar-refractivity contribution in [3.63, 3.8) is 0 Å². The lowest BCUT2D eigenvalue weighted by Gasteiger charge is -2.34. The van der Waals surface area contributed by atoms with Crippen LogP contribution in [0.4, 0.5) is 5.69 Å². The van der Waals surface area contributed by atoms with Crippen molar-refractivity contribution in [2.75, 3.05) is 31.5 Å². The lowest BCUT2D eigenvalue weighted by atomic mass is 10.2.